The van der Waals surface area contributed by atoms with Crippen LogP contribution in [-0.4, -0.2) is 77.9 Å². The van der Waals surface area contributed by atoms with E-state index in [1.54, 1.807) is 0 Å². The summed E-state index contributed by atoms with van der Waals surface area (Å²) in [5.41, 5.74) is 0. The van der Waals surface area contributed by atoms with E-state index in [9.17, 15) is 14.4 Å². The summed E-state index contributed by atoms with van der Waals surface area (Å²) in [4.78, 5) is 39.5. The molecule has 0 aromatic heterocycles. The summed E-state index contributed by atoms with van der Waals surface area (Å²) in [6, 6.07) is 0. The number of carbonyl (C=O) groups excluding carboxylic acids is 3. The van der Waals surface area contributed by atoms with Crippen LogP contribution >= 0.6 is 11.8 Å². The van der Waals surface area contributed by atoms with Gasteiger partial charge in [0.05, 0.1) is 0 Å². The third-order valence-corrected chi connectivity index (χ3v) is 7.85. The van der Waals surface area contributed by atoms with Gasteiger partial charge in [0.2, 0.25) is 5.23 Å². The van der Waals surface area contributed by atoms with Crippen molar-refractivity contribution in [2.75, 3.05) is 19.0 Å². The van der Waals surface area contributed by atoms with Gasteiger partial charge in [-0.2, -0.15) is 0 Å². The van der Waals surface area contributed by atoms with Gasteiger partial charge in [-0.1, -0.05) is 88.8 Å². The predicted molar refractivity (Wildman–Crippen MR) is 153 cm³/mol. The number of hydrogen-bond acceptors (Lipinski definition) is 11. The van der Waals surface area contributed by atoms with Crippen LogP contribution in [0.5, 0.6) is 0 Å². The van der Waals surface area contributed by atoms with Crippen LogP contribution in [0.1, 0.15) is 111 Å². The second kappa shape index (κ2) is 20.1. The number of rotatable bonds is 20. The van der Waals surface area contributed by atoms with E-state index in [4.69, 9.17) is 28.8 Å². The molecule has 0 amide bonds. The van der Waals surface area contributed by atoms with E-state index < -0.39 is 48.6 Å². The highest BCUT2D eigenvalue weighted by atomic mass is 32.2. The quantitative estimate of drug-likeness (QED) is 0.117. The van der Waals surface area contributed by atoms with Crippen LogP contribution in [0.25, 0.3) is 0 Å². The van der Waals surface area contributed by atoms with Crippen molar-refractivity contribution in [3.8, 4) is 0 Å². The number of ether oxygens (including phenoxy) is 5. The van der Waals surface area contributed by atoms with Crippen molar-refractivity contribution in [2.24, 2.45) is 4.99 Å². The summed E-state index contributed by atoms with van der Waals surface area (Å²) in [7, 11) is 0. The van der Waals surface area contributed by atoms with Gasteiger partial charge in [-0.15, -0.1) is 0 Å². The molecule has 230 valence electrons. The number of esters is 3. The molecule has 0 aromatic carbocycles. The number of carbonyl (C=O) groups is 3. The lowest BCUT2D eigenvalue weighted by molar-refractivity contribution is -0.236. The average molecular weight is 588 g/mol. The van der Waals surface area contributed by atoms with E-state index in [0.717, 1.165) is 31.4 Å². The second-order valence-electron chi connectivity index (χ2n) is 10.5. The van der Waals surface area contributed by atoms with Crippen molar-refractivity contribution in [3.63, 3.8) is 0 Å². The molecule has 1 fully saturated rings. The smallest absolute Gasteiger partial charge is 0.303 e. The summed E-state index contributed by atoms with van der Waals surface area (Å²) in [5, 5.41) is 9.25. The van der Waals surface area contributed by atoms with Gasteiger partial charge in [-0.25, -0.2) is 4.99 Å². The molecule has 10 nitrogen and oxygen atoms in total. The second-order valence-corrected chi connectivity index (χ2v) is 11.6. The maximum Gasteiger partial charge on any atom is 0.303 e. The fraction of sp³-hybridized carbons (Fsp3) is 0.862. The Morgan fingerprint density at radius 3 is 1.75 bits per heavy atom. The Morgan fingerprint density at radius 2 is 1.25 bits per heavy atom. The lowest BCUT2D eigenvalue weighted by Gasteiger charge is -2.40. The molecule has 11 heteroatoms. The molecular weight excluding hydrogens is 538 g/mol. The van der Waals surface area contributed by atoms with E-state index in [-0.39, 0.29) is 6.61 Å². The molecule has 40 heavy (non-hydrogen) atoms. The first kappa shape index (κ1) is 34.4. The van der Waals surface area contributed by atoms with Crippen LogP contribution in [0, 0.1) is 0 Å². The number of fused-ring (bicyclic) bond motifs is 1. The van der Waals surface area contributed by atoms with Crippen LogP contribution in [-0.2, 0) is 38.1 Å². The molecule has 0 bridgehead atoms. The Balaban J connectivity index is 1.65. The standard InChI is InChI=1S/C29H49NO9S/c1-21(32)35-20-24-25(36-22(2)33)26(37-23(3)34)27-28(38-24)30-29(39-27)40-19-17-15-13-11-9-7-5-4-6-8-10-12-14-16-18-31/h24-28,31H,4-20H2,1-3H3/t24-,25-,26+,27-,28+/m1/s1. The van der Waals surface area contributed by atoms with Gasteiger partial charge < -0.3 is 28.8 Å². The number of thioether (sulfide) groups is 1. The molecule has 0 saturated carbocycles. The summed E-state index contributed by atoms with van der Waals surface area (Å²) in [6.07, 6.45) is 12.9. The van der Waals surface area contributed by atoms with Crippen LogP contribution in [0.2, 0.25) is 0 Å². The lowest BCUT2D eigenvalue weighted by atomic mass is 9.98. The molecule has 2 heterocycles. The van der Waals surface area contributed by atoms with Crippen molar-refractivity contribution < 1.29 is 43.2 Å². The monoisotopic (exact) mass is 587 g/mol. The fourth-order valence-electron chi connectivity index (χ4n) is 4.93. The van der Waals surface area contributed by atoms with Gasteiger partial charge in [-0.05, 0) is 12.8 Å². The molecule has 1 N–H and O–H groups in total. The van der Waals surface area contributed by atoms with Crippen LogP contribution in [0.15, 0.2) is 4.99 Å². The minimum Gasteiger partial charge on any atom is -0.463 e. The average Bonchev–Trinajstić information content (AvgIpc) is 3.31. The van der Waals surface area contributed by atoms with E-state index in [0.29, 0.717) is 11.8 Å². The Kier molecular flexibility index (Phi) is 17.3. The van der Waals surface area contributed by atoms with Crippen molar-refractivity contribution in [3.05, 3.63) is 0 Å². The number of aliphatic hydroxyl groups excluding tert-OH is 1. The molecule has 2 aliphatic heterocycles. The molecule has 5 atom stereocenters. The van der Waals surface area contributed by atoms with Crippen molar-refractivity contribution in [1.29, 1.82) is 0 Å². The molecule has 0 aromatic rings. The highest BCUT2D eigenvalue weighted by Gasteiger charge is 2.54. The Morgan fingerprint density at radius 1 is 0.750 bits per heavy atom. The topological polar surface area (TPSA) is 130 Å². The molecule has 0 radical (unpaired) electrons. The zero-order chi connectivity index (χ0) is 29.2. The van der Waals surface area contributed by atoms with Crippen molar-refractivity contribution in [1.82, 2.24) is 0 Å². The number of nitrogens with zero attached hydrogens (tertiary/aromatic N) is 1. The molecule has 0 unspecified atom stereocenters. The van der Waals surface area contributed by atoms with E-state index in [2.05, 4.69) is 4.99 Å². The zero-order valence-electron chi connectivity index (χ0n) is 24.5. The van der Waals surface area contributed by atoms with Crippen LogP contribution in [0.3, 0.4) is 0 Å². The first-order valence-corrected chi connectivity index (χ1v) is 15.9. The molecule has 0 spiro atoms. The van der Waals surface area contributed by atoms with Gasteiger partial charge >= 0.3 is 17.9 Å². The lowest BCUT2D eigenvalue weighted by Crippen LogP contribution is -2.60. The fourth-order valence-corrected chi connectivity index (χ4v) is 5.82. The van der Waals surface area contributed by atoms with Crippen molar-refractivity contribution in [2.45, 2.75) is 141 Å². The highest BCUT2D eigenvalue weighted by molar-refractivity contribution is 8.13. The zero-order valence-corrected chi connectivity index (χ0v) is 25.3. The Hall–Kier alpha value is -1.85. The molecule has 2 aliphatic rings. The van der Waals surface area contributed by atoms with Crippen molar-refractivity contribution >= 4 is 34.9 Å². The molecule has 2 rings (SSSR count). The third-order valence-electron chi connectivity index (χ3n) is 6.91. The minimum atomic E-state index is -0.996. The van der Waals surface area contributed by atoms with Gasteiger partial charge in [0.1, 0.15) is 12.7 Å². The number of aliphatic imine (C=N–C) groups is 1. The summed E-state index contributed by atoms with van der Waals surface area (Å²) >= 11 is 1.49. The van der Waals surface area contributed by atoms with Gasteiger partial charge in [0, 0.05) is 33.1 Å². The van der Waals surface area contributed by atoms with Crippen LogP contribution < -0.4 is 0 Å². The molecular formula is C29H49NO9S. The van der Waals surface area contributed by atoms with E-state index >= 15 is 0 Å². The normalized spacial score (nSPS) is 23.6. The largest absolute Gasteiger partial charge is 0.463 e. The minimum absolute atomic E-state index is 0.168. The summed E-state index contributed by atoms with van der Waals surface area (Å²) in [6.45, 7) is 3.94. The molecule has 0 aliphatic carbocycles. The summed E-state index contributed by atoms with van der Waals surface area (Å²) in [5.74, 6) is -0.786. The van der Waals surface area contributed by atoms with E-state index in [1.807, 2.05) is 0 Å². The SMILES string of the molecule is CC(=O)OC[C@H]1O[C@@H]2N=C(SCCCCCCCCCCCCCCCCO)O[C@@H]2[C@@H](OC(C)=O)[C@@H]1OC(C)=O. The van der Waals surface area contributed by atoms with Gasteiger partial charge in [0.15, 0.2) is 24.5 Å². The number of unbranched alkanes of at least 4 members (excludes halogenated alkanes) is 13. The number of aliphatic hydroxyl groups is 1. The predicted octanol–water partition coefficient (Wildman–Crippen LogP) is 5.08. The Labute approximate surface area is 243 Å². The Bertz CT molecular complexity index is 793. The number of hydrogen-bond donors (Lipinski definition) is 1. The molecule has 1 saturated heterocycles. The first-order chi connectivity index (χ1) is 19.3. The van der Waals surface area contributed by atoms with E-state index in [1.165, 1.54) is 96.7 Å². The first-order valence-electron chi connectivity index (χ1n) is 14.9. The summed E-state index contributed by atoms with van der Waals surface area (Å²) < 4.78 is 27.9. The van der Waals surface area contributed by atoms with Gasteiger partial charge in [-0.3, -0.25) is 14.4 Å². The maximum atomic E-state index is 11.8. The highest BCUT2D eigenvalue weighted by Crippen LogP contribution is 2.34. The maximum absolute atomic E-state index is 11.8. The van der Waals surface area contributed by atoms with Gasteiger partial charge in [0.25, 0.3) is 0 Å². The van der Waals surface area contributed by atoms with Crippen LogP contribution in [0.4, 0.5) is 0 Å². The third kappa shape index (κ3) is 13.7.